The van der Waals surface area contributed by atoms with Gasteiger partial charge in [0.1, 0.15) is 11.5 Å². The van der Waals surface area contributed by atoms with Crippen LogP contribution in [-0.4, -0.2) is 35.0 Å². The largest absolute Gasteiger partial charge is 0.497 e. The van der Waals surface area contributed by atoms with E-state index in [9.17, 15) is 4.79 Å². The molecule has 0 radical (unpaired) electrons. The molecular weight excluding hydrogens is 376 g/mol. The number of carbonyl (C=O) groups excluding carboxylic acids is 1. The highest BCUT2D eigenvalue weighted by atomic mass is 16.5. The molecule has 2 aliphatic carbocycles. The van der Waals surface area contributed by atoms with Crippen LogP contribution in [0.4, 0.5) is 0 Å². The number of carbonyl (C=O) groups is 1. The molecule has 1 amide bonds. The van der Waals surface area contributed by atoms with Gasteiger partial charge in [-0.05, 0) is 49.9 Å². The predicted molar refractivity (Wildman–Crippen MR) is 118 cm³/mol. The van der Waals surface area contributed by atoms with Gasteiger partial charge in [-0.3, -0.25) is 4.79 Å². The maximum atomic E-state index is 13.9. The fourth-order valence-electron chi connectivity index (χ4n) is 5.09. The Labute approximate surface area is 179 Å². The summed E-state index contributed by atoms with van der Waals surface area (Å²) in [4.78, 5) is 20.8. The van der Waals surface area contributed by atoms with Gasteiger partial charge in [-0.25, -0.2) is 4.98 Å². The van der Waals surface area contributed by atoms with Crippen LogP contribution >= 0.6 is 0 Å². The van der Waals surface area contributed by atoms with E-state index < -0.39 is 0 Å². The van der Waals surface area contributed by atoms with Crippen molar-refractivity contribution < 1.29 is 13.9 Å². The Balaban J connectivity index is 1.65. The molecule has 162 valence electrons. The van der Waals surface area contributed by atoms with Crippen molar-refractivity contribution in [1.82, 2.24) is 9.88 Å². The minimum absolute atomic E-state index is 0.0779. The molecule has 0 spiro atoms. The van der Waals surface area contributed by atoms with Crippen LogP contribution < -0.4 is 4.74 Å². The minimum Gasteiger partial charge on any atom is -0.497 e. The summed E-state index contributed by atoms with van der Waals surface area (Å²) in [5, 5.41) is 0. The highest BCUT2D eigenvalue weighted by Gasteiger charge is 2.35. The molecule has 2 aromatic rings. The van der Waals surface area contributed by atoms with Gasteiger partial charge in [0.15, 0.2) is 5.69 Å². The molecule has 0 atom stereocenters. The van der Waals surface area contributed by atoms with E-state index in [1.807, 2.05) is 31.2 Å². The zero-order valence-electron chi connectivity index (χ0n) is 18.4. The summed E-state index contributed by atoms with van der Waals surface area (Å²) >= 11 is 0. The quantitative estimate of drug-likeness (QED) is 0.584. The molecule has 1 aromatic heterocycles. The average Bonchev–Trinajstić information content (AvgIpc) is 3.25. The second kappa shape index (κ2) is 9.67. The van der Waals surface area contributed by atoms with E-state index in [0.717, 1.165) is 37.0 Å². The molecule has 4 rings (SSSR count). The molecule has 30 heavy (non-hydrogen) atoms. The fraction of sp³-hybridized carbons (Fsp3) is 0.600. The van der Waals surface area contributed by atoms with E-state index in [0.29, 0.717) is 35.8 Å². The number of nitrogens with zero attached hydrogens (tertiary/aromatic N) is 2. The fourth-order valence-corrected chi connectivity index (χ4v) is 5.09. The summed E-state index contributed by atoms with van der Waals surface area (Å²) in [6, 6.07) is 8.34. The first-order valence-corrected chi connectivity index (χ1v) is 11.7. The lowest BCUT2D eigenvalue weighted by atomic mass is 9.88. The van der Waals surface area contributed by atoms with E-state index in [1.54, 1.807) is 7.11 Å². The first-order valence-electron chi connectivity index (χ1n) is 11.7. The van der Waals surface area contributed by atoms with Crippen LogP contribution in [0.3, 0.4) is 0 Å². The highest BCUT2D eigenvalue weighted by Crippen LogP contribution is 2.33. The lowest BCUT2D eigenvalue weighted by molar-refractivity contribution is 0.0441. The number of aromatic nitrogens is 1. The predicted octanol–water partition coefficient (Wildman–Crippen LogP) is 6.02. The van der Waals surface area contributed by atoms with Crippen LogP contribution in [0.15, 0.2) is 28.7 Å². The van der Waals surface area contributed by atoms with Crippen molar-refractivity contribution in [2.75, 3.05) is 7.11 Å². The van der Waals surface area contributed by atoms with Gasteiger partial charge < -0.3 is 14.1 Å². The topological polar surface area (TPSA) is 55.6 Å². The normalized spacial score (nSPS) is 18.3. The van der Waals surface area contributed by atoms with E-state index in [4.69, 9.17) is 14.1 Å². The molecule has 2 aliphatic rings. The molecule has 0 unspecified atom stereocenters. The molecule has 5 nitrogen and oxygen atoms in total. The Morgan fingerprint density at radius 3 is 2.07 bits per heavy atom. The molecule has 2 fully saturated rings. The van der Waals surface area contributed by atoms with Crippen molar-refractivity contribution in [2.24, 2.45) is 0 Å². The number of aryl methyl sites for hydroxylation is 1. The number of rotatable bonds is 6. The molecule has 5 heteroatoms. The second-order valence-electron chi connectivity index (χ2n) is 8.67. The Hall–Kier alpha value is -2.30. The van der Waals surface area contributed by atoms with E-state index in [-0.39, 0.29) is 5.91 Å². The number of hydrogen-bond donors (Lipinski definition) is 0. The standard InChI is InChI=1S/C25H34N2O3/c1-3-22-23(26-24(30-22)18-14-16-21(29-2)17-15-18)25(28)27(19-10-6-4-7-11-19)20-12-8-5-9-13-20/h14-17,19-20H,3-13H2,1-2H3. The molecule has 1 aromatic carbocycles. The van der Waals surface area contributed by atoms with Gasteiger partial charge >= 0.3 is 0 Å². The monoisotopic (exact) mass is 410 g/mol. The number of amides is 1. The Kier molecular flexibility index (Phi) is 6.76. The maximum Gasteiger partial charge on any atom is 0.276 e. The van der Waals surface area contributed by atoms with Crippen molar-refractivity contribution in [2.45, 2.75) is 89.6 Å². The SMILES string of the molecule is CCc1oc(-c2ccc(OC)cc2)nc1C(=O)N(C1CCCCC1)C1CCCCC1. The Bertz CT molecular complexity index is 813. The summed E-state index contributed by atoms with van der Waals surface area (Å²) in [6.45, 7) is 2.03. The minimum atomic E-state index is 0.0779. The molecule has 2 saturated carbocycles. The summed E-state index contributed by atoms with van der Waals surface area (Å²) in [5.74, 6) is 2.08. The van der Waals surface area contributed by atoms with Crippen molar-refractivity contribution in [3.8, 4) is 17.2 Å². The maximum absolute atomic E-state index is 13.9. The van der Waals surface area contributed by atoms with E-state index in [2.05, 4.69) is 4.90 Å². The zero-order valence-corrected chi connectivity index (χ0v) is 18.4. The lowest BCUT2D eigenvalue weighted by Gasteiger charge is -2.41. The van der Waals surface area contributed by atoms with Crippen molar-refractivity contribution in [1.29, 1.82) is 0 Å². The third-order valence-corrected chi connectivity index (χ3v) is 6.73. The van der Waals surface area contributed by atoms with Crippen LogP contribution in [0, 0.1) is 0 Å². The van der Waals surface area contributed by atoms with Crippen LogP contribution in [-0.2, 0) is 6.42 Å². The lowest BCUT2D eigenvalue weighted by Crippen LogP contribution is -2.49. The smallest absolute Gasteiger partial charge is 0.276 e. The number of benzene rings is 1. The van der Waals surface area contributed by atoms with Gasteiger partial charge in [-0.15, -0.1) is 0 Å². The first-order chi connectivity index (χ1) is 14.7. The second-order valence-corrected chi connectivity index (χ2v) is 8.67. The molecular formula is C25H34N2O3. The van der Waals surface area contributed by atoms with Gasteiger partial charge in [-0.1, -0.05) is 45.4 Å². The number of methoxy groups -OCH3 is 1. The van der Waals surface area contributed by atoms with Crippen LogP contribution in [0.25, 0.3) is 11.5 Å². The Morgan fingerprint density at radius 2 is 1.57 bits per heavy atom. The van der Waals surface area contributed by atoms with E-state index >= 15 is 0 Å². The van der Waals surface area contributed by atoms with E-state index in [1.165, 1.54) is 38.5 Å². The third kappa shape index (κ3) is 4.40. The number of ether oxygens (including phenoxy) is 1. The van der Waals surface area contributed by atoms with Crippen molar-refractivity contribution in [3.63, 3.8) is 0 Å². The van der Waals surface area contributed by atoms with Crippen molar-refractivity contribution >= 4 is 5.91 Å². The zero-order chi connectivity index (χ0) is 20.9. The molecule has 0 aliphatic heterocycles. The van der Waals surface area contributed by atoms with Crippen LogP contribution in [0.5, 0.6) is 5.75 Å². The van der Waals surface area contributed by atoms with Gasteiger partial charge in [0, 0.05) is 24.1 Å². The number of hydrogen-bond acceptors (Lipinski definition) is 4. The summed E-state index contributed by atoms with van der Waals surface area (Å²) < 4.78 is 11.3. The number of oxazole rings is 1. The van der Waals surface area contributed by atoms with Gasteiger partial charge in [-0.2, -0.15) is 0 Å². The van der Waals surface area contributed by atoms with Crippen LogP contribution in [0.1, 0.15) is 87.4 Å². The summed E-state index contributed by atoms with van der Waals surface area (Å²) in [6.07, 6.45) is 12.6. The van der Waals surface area contributed by atoms with Gasteiger partial charge in [0.05, 0.1) is 7.11 Å². The van der Waals surface area contributed by atoms with Crippen molar-refractivity contribution in [3.05, 3.63) is 35.7 Å². The molecule has 1 heterocycles. The van der Waals surface area contributed by atoms with Gasteiger partial charge in [0.2, 0.25) is 5.89 Å². The van der Waals surface area contributed by atoms with Crippen LogP contribution in [0.2, 0.25) is 0 Å². The molecule has 0 bridgehead atoms. The Morgan fingerprint density at radius 1 is 1.00 bits per heavy atom. The van der Waals surface area contributed by atoms with Gasteiger partial charge in [0.25, 0.3) is 5.91 Å². The highest BCUT2D eigenvalue weighted by molar-refractivity contribution is 5.94. The summed E-state index contributed by atoms with van der Waals surface area (Å²) in [5.41, 5.74) is 1.38. The third-order valence-electron chi connectivity index (χ3n) is 6.73. The summed E-state index contributed by atoms with van der Waals surface area (Å²) in [7, 11) is 1.65. The molecule has 0 N–H and O–H groups in total. The first kappa shape index (κ1) is 21.0. The average molecular weight is 411 g/mol. The molecule has 0 saturated heterocycles.